The molecule has 1 heterocycles. The molecule has 1 saturated heterocycles. The first-order chi connectivity index (χ1) is 9.67. The van der Waals surface area contributed by atoms with E-state index in [-0.39, 0.29) is 0 Å². The number of piperidine rings is 1. The van der Waals surface area contributed by atoms with E-state index < -0.39 is 5.97 Å². The average Bonchev–Trinajstić information content (AvgIpc) is 2.47. The Labute approximate surface area is 120 Å². The van der Waals surface area contributed by atoms with Gasteiger partial charge in [0.15, 0.2) is 0 Å². The lowest BCUT2D eigenvalue weighted by molar-refractivity contribution is -0.131. The molecule has 1 fully saturated rings. The van der Waals surface area contributed by atoms with Crippen LogP contribution >= 0.6 is 0 Å². The lowest BCUT2D eigenvalue weighted by Crippen LogP contribution is -2.34. The lowest BCUT2D eigenvalue weighted by Gasteiger charge is -2.32. The van der Waals surface area contributed by atoms with E-state index in [9.17, 15) is 4.79 Å². The zero-order chi connectivity index (χ0) is 14.4. The van der Waals surface area contributed by atoms with Crippen LogP contribution in [0.25, 0.3) is 6.08 Å². The van der Waals surface area contributed by atoms with E-state index in [1.165, 1.54) is 44.0 Å². The van der Waals surface area contributed by atoms with E-state index >= 15 is 0 Å². The molecule has 1 aliphatic heterocycles. The van der Waals surface area contributed by atoms with Crippen LogP contribution in [0.5, 0.6) is 0 Å². The van der Waals surface area contributed by atoms with Crippen LogP contribution in [0, 0.1) is 5.92 Å². The van der Waals surface area contributed by atoms with Gasteiger partial charge in [0, 0.05) is 19.2 Å². The van der Waals surface area contributed by atoms with Crippen LogP contribution in [0.1, 0.15) is 37.3 Å². The molecule has 1 aromatic carbocycles. The van der Waals surface area contributed by atoms with Gasteiger partial charge in [0.2, 0.25) is 0 Å². The van der Waals surface area contributed by atoms with Crippen LogP contribution in [-0.4, -0.2) is 29.1 Å². The zero-order valence-corrected chi connectivity index (χ0v) is 12.1. The number of hydrogen-bond acceptors (Lipinski definition) is 2. The smallest absolute Gasteiger partial charge is 0.328 e. The fourth-order valence-corrected chi connectivity index (χ4v) is 2.79. The van der Waals surface area contributed by atoms with Crippen molar-refractivity contribution in [3.8, 4) is 0 Å². The molecule has 1 aromatic rings. The topological polar surface area (TPSA) is 40.5 Å². The highest BCUT2D eigenvalue weighted by Crippen LogP contribution is 2.21. The third-order valence-corrected chi connectivity index (χ3v) is 3.98. The summed E-state index contributed by atoms with van der Waals surface area (Å²) in [7, 11) is 0. The second kappa shape index (κ2) is 7.25. The fourth-order valence-electron chi connectivity index (χ4n) is 2.79. The lowest BCUT2D eigenvalue weighted by atomic mass is 9.95. The molecular formula is C17H23NO2. The van der Waals surface area contributed by atoms with Gasteiger partial charge in [-0.05, 0) is 42.5 Å². The molecule has 0 radical (unpaired) electrons. The van der Waals surface area contributed by atoms with Gasteiger partial charge in [-0.1, -0.05) is 37.6 Å². The Morgan fingerprint density at radius 2 is 2.15 bits per heavy atom. The minimum Gasteiger partial charge on any atom is -0.478 e. The Balaban J connectivity index is 1.91. The molecule has 3 nitrogen and oxygen atoms in total. The first-order valence-corrected chi connectivity index (χ1v) is 7.39. The van der Waals surface area contributed by atoms with Gasteiger partial charge in [-0.25, -0.2) is 4.79 Å². The number of hydrogen-bond donors (Lipinski definition) is 1. The minimum absolute atomic E-state index is 0.849. The average molecular weight is 273 g/mol. The molecule has 20 heavy (non-hydrogen) atoms. The number of benzene rings is 1. The number of nitrogens with zero attached hydrogens (tertiary/aromatic N) is 1. The van der Waals surface area contributed by atoms with E-state index in [2.05, 4.69) is 24.0 Å². The molecular weight excluding hydrogens is 250 g/mol. The summed E-state index contributed by atoms with van der Waals surface area (Å²) in [4.78, 5) is 13.0. The van der Waals surface area contributed by atoms with Crippen molar-refractivity contribution in [3.05, 3.63) is 41.5 Å². The van der Waals surface area contributed by atoms with E-state index in [0.717, 1.165) is 18.0 Å². The number of carbonyl (C=O) groups is 1. The van der Waals surface area contributed by atoms with Crippen LogP contribution < -0.4 is 0 Å². The van der Waals surface area contributed by atoms with Gasteiger partial charge in [-0.3, -0.25) is 4.90 Å². The molecule has 0 saturated carbocycles. The molecule has 0 spiro atoms. The molecule has 1 N–H and O–H groups in total. The maximum atomic E-state index is 10.5. The highest BCUT2D eigenvalue weighted by atomic mass is 16.4. The maximum Gasteiger partial charge on any atom is 0.328 e. The molecule has 2 rings (SSSR count). The molecule has 1 aliphatic rings. The Morgan fingerprint density at radius 1 is 1.40 bits per heavy atom. The van der Waals surface area contributed by atoms with Crippen molar-refractivity contribution in [2.75, 3.05) is 13.1 Å². The summed E-state index contributed by atoms with van der Waals surface area (Å²) in [6.07, 6.45) is 6.74. The second-order valence-electron chi connectivity index (χ2n) is 5.56. The normalized spacial score (nSPS) is 20.4. The first kappa shape index (κ1) is 14.8. The molecule has 108 valence electrons. The van der Waals surface area contributed by atoms with Gasteiger partial charge in [0.25, 0.3) is 0 Å². The van der Waals surface area contributed by atoms with Crippen LogP contribution in [-0.2, 0) is 11.3 Å². The summed E-state index contributed by atoms with van der Waals surface area (Å²) >= 11 is 0. The molecule has 0 aromatic heterocycles. The number of carboxylic acid groups (broad SMARTS) is 1. The Kier molecular flexibility index (Phi) is 5.36. The summed E-state index contributed by atoms with van der Waals surface area (Å²) < 4.78 is 0. The van der Waals surface area contributed by atoms with Crippen LogP contribution in [0.15, 0.2) is 30.3 Å². The summed E-state index contributed by atoms with van der Waals surface area (Å²) in [5.74, 6) is -0.0606. The van der Waals surface area contributed by atoms with Crippen molar-refractivity contribution in [3.63, 3.8) is 0 Å². The van der Waals surface area contributed by atoms with Gasteiger partial charge in [0.05, 0.1) is 0 Å². The Bertz CT molecular complexity index is 464. The van der Waals surface area contributed by atoms with E-state index in [4.69, 9.17) is 5.11 Å². The standard InChI is InChI=1S/C17H23NO2/c1-2-14-4-3-11-18(12-14)13-16-7-5-15(6-8-16)9-10-17(19)20/h5-10,14H,2-4,11-13H2,1H3,(H,19,20). The number of rotatable bonds is 5. The summed E-state index contributed by atoms with van der Waals surface area (Å²) in [5, 5.41) is 8.60. The van der Waals surface area contributed by atoms with Gasteiger partial charge < -0.3 is 5.11 Å². The van der Waals surface area contributed by atoms with Gasteiger partial charge in [-0.2, -0.15) is 0 Å². The van der Waals surface area contributed by atoms with Crippen molar-refractivity contribution in [2.24, 2.45) is 5.92 Å². The highest BCUT2D eigenvalue weighted by Gasteiger charge is 2.18. The molecule has 0 bridgehead atoms. The van der Waals surface area contributed by atoms with Gasteiger partial charge in [-0.15, -0.1) is 0 Å². The monoisotopic (exact) mass is 273 g/mol. The Morgan fingerprint density at radius 3 is 2.80 bits per heavy atom. The van der Waals surface area contributed by atoms with Crippen molar-refractivity contribution in [1.82, 2.24) is 4.90 Å². The zero-order valence-electron chi connectivity index (χ0n) is 12.1. The SMILES string of the molecule is CCC1CCCN(Cc2ccc(C=CC(=O)O)cc2)C1. The minimum atomic E-state index is -0.909. The Hall–Kier alpha value is -1.61. The number of aliphatic carboxylic acids is 1. The van der Waals surface area contributed by atoms with Crippen LogP contribution in [0.4, 0.5) is 0 Å². The van der Waals surface area contributed by atoms with Gasteiger partial charge in [0.1, 0.15) is 0 Å². The molecule has 0 amide bonds. The van der Waals surface area contributed by atoms with Gasteiger partial charge >= 0.3 is 5.97 Å². The van der Waals surface area contributed by atoms with Crippen molar-refractivity contribution < 1.29 is 9.90 Å². The molecule has 3 heteroatoms. The van der Waals surface area contributed by atoms with Crippen LogP contribution in [0.3, 0.4) is 0 Å². The number of carboxylic acids is 1. The number of likely N-dealkylation sites (tertiary alicyclic amines) is 1. The van der Waals surface area contributed by atoms with Crippen molar-refractivity contribution >= 4 is 12.0 Å². The van der Waals surface area contributed by atoms with Crippen molar-refractivity contribution in [1.29, 1.82) is 0 Å². The fraction of sp³-hybridized carbons (Fsp3) is 0.471. The third kappa shape index (κ3) is 4.49. The first-order valence-electron chi connectivity index (χ1n) is 7.39. The predicted octanol–water partition coefficient (Wildman–Crippen LogP) is 3.41. The summed E-state index contributed by atoms with van der Waals surface area (Å²) in [5.41, 5.74) is 2.23. The third-order valence-electron chi connectivity index (χ3n) is 3.98. The second-order valence-corrected chi connectivity index (χ2v) is 5.56. The molecule has 1 unspecified atom stereocenters. The largest absolute Gasteiger partial charge is 0.478 e. The predicted molar refractivity (Wildman–Crippen MR) is 81.4 cm³/mol. The molecule has 1 atom stereocenters. The molecule has 0 aliphatic carbocycles. The van der Waals surface area contributed by atoms with E-state index in [0.29, 0.717) is 0 Å². The van der Waals surface area contributed by atoms with Crippen molar-refractivity contribution in [2.45, 2.75) is 32.7 Å². The summed E-state index contributed by atoms with van der Waals surface area (Å²) in [6, 6.07) is 8.15. The van der Waals surface area contributed by atoms with Crippen LogP contribution in [0.2, 0.25) is 0 Å². The quantitative estimate of drug-likeness (QED) is 0.836. The highest BCUT2D eigenvalue weighted by molar-refractivity contribution is 5.85. The summed E-state index contributed by atoms with van der Waals surface area (Å²) in [6.45, 7) is 5.67. The van der Waals surface area contributed by atoms with E-state index in [1.54, 1.807) is 6.08 Å². The van der Waals surface area contributed by atoms with E-state index in [1.807, 2.05) is 12.1 Å². The maximum absolute atomic E-state index is 10.5.